The van der Waals surface area contributed by atoms with Crippen molar-refractivity contribution in [3.8, 4) is 0 Å². The van der Waals surface area contributed by atoms with Crippen molar-refractivity contribution in [1.82, 2.24) is 5.32 Å². The summed E-state index contributed by atoms with van der Waals surface area (Å²) in [6.45, 7) is -0.252. The van der Waals surface area contributed by atoms with E-state index in [1.54, 1.807) is 12.1 Å². The van der Waals surface area contributed by atoms with E-state index in [2.05, 4.69) is 5.32 Å². The van der Waals surface area contributed by atoms with Gasteiger partial charge in [-0.15, -0.1) is 0 Å². The molecule has 5 nitrogen and oxygen atoms in total. The van der Waals surface area contributed by atoms with Gasteiger partial charge in [0.25, 0.3) is 0 Å². The van der Waals surface area contributed by atoms with Crippen molar-refractivity contribution in [2.24, 2.45) is 0 Å². The van der Waals surface area contributed by atoms with Crippen LogP contribution >= 0.6 is 0 Å². The van der Waals surface area contributed by atoms with Gasteiger partial charge >= 0.3 is 0 Å². The van der Waals surface area contributed by atoms with Crippen molar-refractivity contribution in [3.05, 3.63) is 59.0 Å². The normalized spacial score (nSPS) is 14.2. The van der Waals surface area contributed by atoms with Crippen LogP contribution in [0.4, 0.5) is 0 Å². The molecule has 24 heavy (non-hydrogen) atoms. The highest BCUT2D eigenvalue weighted by Crippen LogP contribution is 2.23. The Morgan fingerprint density at radius 2 is 2.00 bits per heavy atom. The van der Waals surface area contributed by atoms with E-state index in [4.69, 9.17) is 4.42 Å². The summed E-state index contributed by atoms with van der Waals surface area (Å²) in [5.41, 5.74) is 3.25. The number of aryl methyl sites for hydroxylation is 2. The van der Waals surface area contributed by atoms with Crippen LogP contribution in [0.25, 0.3) is 0 Å². The summed E-state index contributed by atoms with van der Waals surface area (Å²) in [5.74, 6) is 0.189. The molecule has 0 fully saturated rings. The molecule has 126 valence electrons. The second kappa shape index (κ2) is 7.45. The van der Waals surface area contributed by atoms with E-state index in [1.807, 2.05) is 18.2 Å². The quantitative estimate of drug-likeness (QED) is 0.766. The Bertz CT molecular complexity index is 721. The summed E-state index contributed by atoms with van der Waals surface area (Å²) in [4.78, 5) is 24.3. The number of amides is 1. The first kappa shape index (κ1) is 16.5. The van der Waals surface area contributed by atoms with E-state index in [-0.39, 0.29) is 31.1 Å². The molecule has 2 N–H and O–H groups in total. The Balaban J connectivity index is 1.53. The van der Waals surface area contributed by atoms with E-state index in [9.17, 15) is 14.7 Å². The number of furan rings is 1. The molecule has 0 spiro atoms. The zero-order valence-electron chi connectivity index (χ0n) is 13.5. The standard InChI is InChI=1S/C19H21NO4/c21-12-16(18-5-2-10-24-18)20-19(23)9-8-17(22)15-7-6-13-3-1-4-14(13)11-15/h2,5-7,10-11,16,21H,1,3-4,8-9,12H2,(H,20,23). The van der Waals surface area contributed by atoms with E-state index in [0.29, 0.717) is 11.3 Å². The highest BCUT2D eigenvalue weighted by Gasteiger charge is 2.18. The number of hydrogen-bond acceptors (Lipinski definition) is 4. The summed E-state index contributed by atoms with van der Waals surface area (Å²) in [6.07, 6.45) is 4.99. The molecule has 1 aliphatic carbocycles. The van der Waals surface area contributed by atoms with Gasteiger partial charge in [-0.25, -0.2) is 0 Å². The summed E-state index contributed by atoms with van der Waals surface area (Å²) < 4.78 is 5.18. The fraction of sp³-hybridized carbons (Fsp3) is 0.368. The fourth-order valence-corrected chi connectivity index (χ4v) is 3.08. The molecule has 0 saturated heterocycles. The summed E-state index contributed by atoms with van der Waals surface area (Å²) >= 11 is 0. The molecule has 5 heteroatoms. The molecule has 0 saturated carbocycles. The molecule has 0 bridgehead atoms. The lowest BCUT2D eigenvalue weighted by atomic mass is 10.0. The molecule has 1 aromatic heterocycles. The maximum Gasteiger partial charge on any atom is 0.221 e. The van der Waals surface area contributed by atoms with E-state index in [0.717, 1.165) is 19.3 Å². The summed E-state index contributed by atoms with van der Waals surface area (Å²) in [7, 11) is 0. The third kappa shape index (κ3) is 3.74. The summed E-state index contributed by atoms with van der Waals surface area (Å²) in [6, 6.07) is 8.64. The molecule has 0 aliphatic heterocycles. The van der Waals surface area contributed by atoms with Gasteiger partial charge in [-0.05, 0) is 48.6 Å². The smallest absolute Gasteiger partial charge is 0.221 e. The van der Waals surface area contributed by atoms with E-state index in [1.165, 1.54) is 17.4 Å². The van der Waals surface area contributed by atoms with Crippen molar-refractivity contribution < 1.29 is 19.1 Å². The highest BCUT2D eigenvalue weighted by atomic mass is 16.3. The number of rotatable bonds is 7. The Labute approximate surface area is 140 Å². The second-order valence-electron chi connectivity index (χ2n) is 6.08. The first-order chi connectivity index (χ1) is 11.7. The molecule has 3 rings (SSSR count). The lowest BCUT2D eigenvalue weighted by Gasteiger charge is -2.13. The number of aliphatic hydroxyl groups excluding tert-OH is 1. The van der Waals surface area contributed by atoms with Crippen molar-refractivity contribution in [2.75, 3.05) is 6.61 Å². The van der Waals surface area contributed by atoms with Crippen LogP contribution in [-0.4, -0.2) is 23.4 Å². The van der Waals surface area contributed by atoms with Gasteiger partial charge in [-0.3, -0.25) is 9.59 Å². The second-order valence-corrected chi connectivity index (χ2v) is 6.08. The number of nitrogens with one attached hydrogen (secondary N) is 1. The molecular formula is C19H21NO4. The predicted molar refractivity (Wildman–Crippen MR) is 88.7 cm³/mol. The maximum atomic E-state index is 12.3. The minimum Gasteiger partial charge on any atom is -0.467 e. The third-order valence-corrected chi connectivity index (χ3v) is 4.40. The SMILES string of the molecule is O=C(CCC(=O)c1ccc2c(c1)CCC2)NC(CO)c1ccco1. The topological polar surface area (TPSA) is 79.5 Å². The summed E-state index contributed by atoms with van der Waals surface area (Å²) in [5, 5.41) is 12.0. The predicted octanol–water partition coefficient (Wildman–Crippen LogP) is 2.58. The van der Waals surface area contributed by atoms with Crippen LogP contribution in [-0.2, 0) is 17.6 Å². The molecule has 1 atom stereocenters. The van der Waals surface area contributed by atoms with Gasteiger partial charge in [-0.1, -0.05) is 12.1 Å². The van der Waals surface area contributed by atoms with Crippen LogP contribution in [0.2, 0.25) is 0 Å². The highest BCUT2D eigenvalue weighted by molar-refractivity contribution is 5.98. The largest absolute Gasteiger partial charge is 0.467 e. The molecular weight excluding hydrogens is 306 g/mol. The van der Waals surface area contributed by atoms with Gasteiger partial charge in [0, 0.05) is 18.4 Å². The molecule has 0 radical (unpaired) electrons. The molecule has 1 unspecified atom stereocenters. The Morgan fingerprint density at radius 3 is 2.75 bits per heavy atom. The molecule has 1 aliphatic rings. The van der Waals surface area contributed by atoms with Gasteiger partial charge in [0.2, 0.25) is 5.91 Å². The number of carbonyl (C=O) groups is 2. The zero-order chi connectivity index (χ0) is 16.9. The Kier molecular flexibility index (Phi) is 5.11. The average Bonchev–Trinajstić information content (AvgIpc) is 3.27. The zero-order valence-corrected chi connectivity index (χ0v) is 13.5. The third-order valence-electron chi connectivity index (χ3n) is 4.40. The van der Waals surface area contributed by atoms with Crippen LogP contribution in [0.3, 0.4) is 0 Å². The van der Waals surface area contributed by atoms with Gasteiger partial charge in [0.05, 0.1) is 12.9 Å². The number of benzene rings is 1. The Hall–Kier alpha value is -2.40. The molecule has 1 amide bonds. The number of carbonyl (C=O) groups excluding carboxylic acids is 2. The Morgan fingerprint density at radius 1 is 1.17 bits per heavy atom. The van der Waals surface area contributed by atoms with Crippen molar-refractivity contribution in [1.29, 1.82) is 0 Å². The lowest BCUT2D eigenvalue weighted by molar-refractivity contribution is -0.122. The van der Waals surface area contributed by atoms with Crippen LogP contribution < -0.4 is 5.32 Å². The van der Waals surface area contributed by atoms with Crippen LogP contribution in [0.1, 0.15) is 52.5 Å². The van der Waals surface area contributed by atoms with Gasteiger partial charge in [0.1, 0.15) is 11.8 Å². The van der Waals surface area contributed by atoms with Gasteiger partial charge in [-0.2, -0.15) is 0 Å². The number of ketones is 1. The van der Waals surface area contributed by atoms with E-state index < -0.39 is 6.04 Å². The number of hydrogen-bond donors (Lipinski definition) is 2. The number of Topliss-reactive ketones (excluding diaryl/α,β-unsaturated/α-hetero) is 1. The molecule has 2 aromatic rings. The first-order valence-corrected chi connectivity index (χ1v) is 8.26. The number of fused-ring (bicyclic) bond motifs is 1. The minimum absolute atomic E-state index is 0.0293. The van der Waals surface area contributed by atoms with Crippen LogP contribution in [0.15, 0.2) is 41.0 Å². The average molecular weight is 327 g/mol. The van der Waals surface area contributed by atoms with Gasteiger partial charge in [0.15, 0.2) is 5.78 Å². The van der Waals surface area contributed by atoms with Crippen LogP contribution in [0, 0.1) is 0 Å². The van der Waals surface area contributed by atoms with Gasteiger partial charge < -0.3 is 14.8 Å². The molecule has 1 heterocycles. The minimum atomic E-state index is -0.581. The number of aliphatic hydroxyl groups is 1. The fourth-order valence-electron chi connectivity index (χ4n) is 3.08. The lowest BCUT2D eigenvalue weighted by Crippen LogP contribution is -2.30. The van der Waals surface area contributed by atoms with Crippen molar-refractivity contribution in [3.63, 3.8) is 0 Å². The monoisotopic (exact) mass is 327 g/mol. The van der Waals surface area contributed by atoms with Crippen molar-refractivity contribution >= 4 is 11.7 Å². The first-order valence-electron chi connectivity index (χ1n) is 8.26. The molecule has 1 aromatic carbocycles. The maximum absolute atomic E-state index is 12.3. The van der Waals surface area contributed by atoms with Crippen molar-refractivity contribution in [2.45, 2.75) is 38.1 Å². The van der Waals surface area contributed by atoms with E-state index >= 15 is 0 Å². The van der Waals surface area contributed by atoms with Crippen LogP contribution in [0.5, 0.6) is 0 Å².